The van der Waals surface area contributed by atoms with Crippen LogP contribution in [-0.2, 0) is 9.54 Å². The average Bonchev–Trinajstić information content (AvgIpc) is 3.37. The summed E-state index contributed by atoms with van der Waals surface area (Å²) in [6.07, 6.45) is 2.10. The van der Waals surface area contributed by atoms with E-state index in [1.54, 1.807) is 24.3 Å². The molecule has 156 valence electrons. The summed E-state index contributed by atoms with van der Waals surface area (Å²) in [4.78, 5) is 31.3. The lowest BCUT2D eigenvalue weighted by atomic mass is 9.98. The van der Waals surface area contributed by atoms with Crippen molar-refractivity contribution in [2.75, 3.05) is 13.1 Å². The topological polar surface area (TPSA) is 61.8 Å². The maximum Gasteiger partial charge on any atom is 0.268 e. The maximum absolute atomic E-state index is 13.1. The zero-order chi connectivity index (χ0) is 21.3. The molecule has 2 aliphatic rings. The minimum absolute atomic E-state index is 0.0429. The normalized spacial score (nSPS) is 22.2. The first-order valence-electron chi connectivity index (χ1n) is 10.1. The van der Waals surface area contributed by atoms with E-state index in [-0.39, 0.29) is 23.7 Å². The molecule has 2 aromatic rings. The Kier molecular flexibility index (Phi) is 5.64. The van der Waals surface area contributed by atoms with E-state index in [1.807, 2.05) is 30.9 Å². The quantitative estimate of drug-likeness (QED) is 0.795. The van der Waals surface area contributed by atoms with Crippen molar-refractivity contribution in [1.82, 2.24) is 10.2 Å². The van der Waals surface area contributed by atoms with Crippen LogP contribution in [0.5, 0.6) is 0 Å². The second kappa shape index (κ2) is 8.22. The third-order valence-electron chi connectivity index (χ3n) is 5.70. The van der Waals surface area contributed by atoms with Gasteiger partial charge in [-0.3, -0.25) is 9.59 Å². The number of amides is 2. The molecular weight excluding hydrogens is 401 g/mol. The van der Waals surface area contributed by atoms with Crippen molar-refractivity contribution < 1.29 is 14.0 Å². The highest BCUT2D eigenvalue weighted by Gasteiger charge is 2.43. The summed E-state index contributed by atoms with van der Waals surface area (Å²) in [5.41, 5.74) is 2.36. The number of thioether (sulfide) groups is 1. The van der Waals surface area contributed by atoms with Crippen molar-refractivity contribution in [1.29, 1.82) is 0 Å². The Labute approximate surface area is 179 Å². The third-order valence-corrected chi connectivity index (χ3v) is 6.92. The molecule has 1 saturated heterocycles. The number of amidine groups is 1. The van der Waals surface area contributed by atoms with Crippen molar-refractivity contribution in [2.24, 2.45) is 4.99 Å². The Morgan fingerprint density at radius 1 is 1.13 bits per heavy atom. The second-order valence-electron chi connectivity index (χ2n) is 7.85. The number of nitrogens with zero attached hydrogens (tertiary/aromatic N) is 2. The van der Waals surface area contributed by atoms with Crippen LogP contribution in [0.4, 0.5) is 4.39 Å². The molecule has 2 atom stereocenters. The molecule has 1 N–H and O–H groups in total. The molecule has 2 aliphatic heterocycles. The zero-order valence-electron chi connectivity index (χ0n) is 17.0. The Hall–Kier alpha value is -2.67. The summed E-state index contributed by atoms with van der Waals surface area (Å²) in [5.74, 6) is -0.478. The van der Waals surface area contributed by atoms with Crippen LogP contribution in [-0.4, -0.2) is 35.0 Å². The van der Waals surface area contributed by atoms with E-state index in [0.29, 0.717) is 10.7 Å². The molecule has 2 heterocycles. The van der Waals surface area contributed by atoms with E-state index in [4.69, 9.17) is 0 Å². The summed E-state index contributed by atoms with van der Waals surface area (Å²) >= 11 is 1.36. The Morgan fingerprint density at radius 2 is 1.77 bits per heavy atom. The van der Waals surface area contributed by atoms with Gasteiger partial charge in [0.25, 0.3) is 11.8 Å². The Bertz CT molecular complexity index is 985. The second-order valence-corrected chi connectivity index (χ2v) is 9.26. The Balaban J connectivity index is 1.45. The lowest BCUT2D eigenvalue weighted by Gasteiger charge is -2.22. The molecule has 1 unspecified atom stereocenters. The van der Waals surface area contributed by atoms with Crippen molar-refractivity contribution in [3.05, 3.63) is 71.0 Å². The van der Waals surface area contributed by atoms with Gasteiger partial charge < -0.3 is 10.2 Å². The van der Waals surface area contributed by atoms with Crippen molar-refractivity contribution in [2.45, 2.75) is 37.5 Å². The first kappa shape index (κ1) is 20.6. The number of likely N-dealkylation sites (tertiary alicyclic amines) is 1. The number of hydrogen-bond acceptors (Lipinski definition) is 4. The fraction of sp³-hybridized carbons (Fsp3) is 0.348. The van der Waals surface area contributed by atoms with Gasteiger partial charge in [0.15, 0.2) is 5.17 Å². The molecule has 30 heavy (non-hydrogen) atoms. The monoisotopic (exact) mass is 425 g/mol. The van der Waals surface area contributed by atoms with E-state index in [0.717, 1.165) is 37.1 Å². The van der Waals surface area contributed by atoms with Gasteiger partial charge in [-0.2, -0.15) is 4.99 Å². The highest BCUT2D eigenvalue weighted by Crippen LogP contribution is 2.42. The SMILES string of the molecule is C[C@H](NC1=NC(=O)C(C)(c2ccc(C(=O)N3CCCC3)cc2)S1)c1ccc(F)cc1. The van der Waals surface area contributed by atoms with Gasteiger partial charge in [-0.1, -0.05) is 36.0 Å². The lowest BCUT2D eigenvalue weighted by Crippen LogP contribution is -2.28. The maximum atomic E-state index is 13.1. The molecular formula is C23H24FN3O2S. The minimum atomic E-state index is -0.847. The predicted molar refractivity (Wildman–Crippen MR) is 117 cm³/mol. The van der Waals surface area contributed by atoms with Gasteiger partial charge in [0.05, 0.1) is 6.04 Å². The van der Waals surface area contributed by atoms with Gasteiger partial charge in [0.1, 0.15) is 10.6 Å². The van der Waals surface area contributed by atoms with Crippen molar-refractivity contribution >= 4 is 28.7 Å². The van der Waals surface area contributed by atoms with Crippen LogP contribution in [0.1, 0.15) is 54.2 Å². The standard InChI is InChI=1S/C23H24FN3O2S/c1-15(16-7-11-19(24)12-8-16)25-22-26-21(29)23(2,30-22)18-9-5-17(6-10-18)20(28)27-13-3-4-14-27/h5-12,15H,3-4,13-14H2,1-2H3,(H,25,26,29)/t15-,23?/m0/s1. The smallest absolute Gasteiger partial charge is 0.268 e. The molecule has 4 rings (SSSR count). The van der Waals surface area contributed by atoms with E-state index < -0.39 is 4.75 Å². The van der Waals surface area contributed by atoms with E-state index in [1.165, 1.54) is 23.9 Å². The van der Waals surface area contributed by atoms with Gasteiger partial charge >= 0.3 is 0 Å². The molecule has 2 aromatic carbocycles. The van der Waals surface area contributed by atoms with Gasteiger partial charge in [-0.25, -0.2) is 4.39 Å². The number of nitrogens with one attached hydrogen (secondary N) is 1. The van der Waals surface area contributed by atoms with Gasteiger partial charge in [0.2, 0.25) is 0 Å². The van der Waals surface area contributed by atoms with Gasteiger partial charge in [0, 0.05) is 18.7 Å². The number of rotatable bonds is 4. The number of carbonyl (C=O) groups excluding carboxylic acids is 2. The molecule has 0 spiro atoms. The largest absolute Gasteiger partial charge is 0.358 e. The van der Waals surface area contributed by atoms with Crippen molar-refractivity contribution in [3.63, 3.8) is 0 Å². The first-order chi connectivity index (χ1) is 14.4. The predicted octanol–water partition coefficient (Wildman–Crippen LogP) is 4.26. The van der Waals surface area contributed by atoms with Crippen LogP contribution < -0.4 is 5.32 Å². The molecule has 0 bridgehead atoms. The molecule has 2 amide bonds. The average molecular weight is 426 g/mol. The summed E-state index contributed by atoms with van der Waals surface area (Å²) < 4.78 is 12.3. The number of benzene rings is 2. The fourth-order valence-electron chi connectivity index (χ4n) is 3.76. The first-order valence-corrected chi connectivity index (χ1v) is 10.9. The number of carbonyl (C=O) groups is 2. The highest BCUT2D eigenvalue weighted by molar-refractivity contribution is 8.15. The highest BCUT2D eigenvalue weighted by atomic mass is 32.2. The Morgan fingerprint density at radius 3 is 2.40 bits per heavy atom. The van der Waals surface area contributed by atoms with Crippen LogP contribution in [0.25, 0.3) is 0 Å². The summed E-state index contributed by atoms with van der Waals surface area (Å²) in [6, 6.07) is 13.4. The fourth-order valence-corrected chi connectivity index (χ4v) is 4.89. The van der Waals surface area contributed by atoms with Crippen LogP contribution in [0.15, 0.2) is 53.5 Å². The molecule has 1 fully saturated rings. The summed E-state index contributed by atoms with van der Waals surface area (Å²) in [5, 5.41) is 3.78. The van der Waals surface area contributed by atoms with Crippen LogP contribution in [0, 0.1) is 5.82 Å². The third kappa shape index (κ3) is 3.99. The molecule has 0 aliphatic carbocycles. The molecule has 5 nitrogen and oxygen atoms in total. The van der Waals surface area contributed by atoms with E-state index in [2.05, 4.69) is 10.3 Å². The number of aliphatic imine (C=N–C) groups is 1. The van der Waals surface area contributed by atoms with Crippen LogP contribution >= 0.6 is 11.8 Å². The van der Waals surface area contributed by atoms with Gasteiger partial charge in [-0.15, -0.1) is 0 Å². The van der Waals surface area contributed by atoms with Gasteiger partial charge in [-0.05, 0) is 62.1 Å². The molecule has 7 heteroatoms. The molecule has 0 aromatic heterocycles. The zero-order valence-corrected chi connectivity index (χ0v) is 17.8. The van der Waals surface area contributed by atoms with Crippen LogP contribution in [0.2, 0.25) is 0 Å². The summed E-state index contributed by atoms with van der Waals surface area (Å²) in [7, 11) is 0. The van der Waals surface area contributed by atoms with Crippen molar-refractivity contribution in [3.8, 4) is 0 Å². The molecule has 0 radical (unpaired) electrons. The minimum Gasteiger partial charge on any atom is -0.358 e. The number of halogens is 1. The molecule has 0 saturated carbocycles. The van der Waals surface area contributed by atoms with E-state index in [9.17, 15) is 14.0 Å². The van der Waals surface area contributed by atoms with E-state index >= 15 is 0 Å². The van der Waals surface area contributed by atoms with Crippen LogP contribution in [0.3, 0.4) is 0 Å². The number of hydrogen-bond donors (Lipinski definition) is 1. The lowest BCUT2D eigenvalue weighted by molar-refractivity contribution is -0.119. The summed E-state index contributed by atoms with van der Waals surface area (Å²) in [6.45, 7) is 5.40.